The molecule has 0 aromatic carbocycles. The van der Waals surface area contributed by atoms with E-state index in [1.807, 2.05) is 24.3 Å². The van der Waals surface area contributed by atoms with Crippen LogP contribution in [0.5, 0.6) is 0 Å². The van der Waals surface area contributed by atoms with E-state index in [2.05, 4.69) is 20.2 Å². The Labute approximate surface area is 151 Å². The van der Waals surface area contributed by atoms with Gasteiger partial charge in [0.25, 0.3) is 5.56 Å². The highest BCUT2D eigenvalue weighted by Gasteiger charge is 2.11. The highest BCUT2D eigenvalue weighted by Crippen LogP contribution is 2.22. The zero-order valence-corrected chi connectivity index (χ0v) is 15.0. The lowest BCUT2D eigenvalue weighted by Gasteiger charge is -2.05. The summed E-state index contributed by atoms with van der Waals surface area (Å²) in [7, 11) is 0. The van der Waals surface area contributed by atoms with Gasteiger partial charge in [0, 0.05) is 29.8 Å². The van der Waals surface area contributed by atoms with Gasteiger partial charge in [-0.1, -0.05) is 23.4 Å². The highest BCUT2D eigenvalue weighted by atomic mass is 35.5. The lowest BCUT2D eigenvalue weighted by atomic mass is 10.4. The quantitative estimate of drug-likeness (QED) is 0.514. The number of fused-ring (bicyclic) bond motifs is 2. The van der Waals surface area contributed by atoms with Crippen LogP contribution in [0.25, 0.3) is 11.3 Å². The van der Waals surface area contributed by atoms with Crippen LogP contribution in [0.2, 0.25) is 5.02 Å². The Morgan fingerprint density at radius 1 is 1.12 bits per heavy atom. The third kappa shape index (κ3) is 2.98. The van der Waals surface area contributed by atoms with Gasteiger partial charge in [0.05, 0.1) is 10.7 Å². The van der Waals surface area contributed by atoms with Gasteiger partial charge in [-0.15, -0.1) is 10.2 Å². The van der Waals surface area contributed by atoms with Crippen molar-refractivity contribution in [1.29, 1.82) is 0 Å². The molecule has 4 aromatic rings. The third-order valence-electron chi connectivity index (χ3n) is 3.68. The number of pyridine rings is 1. The first-order valence-corrected chi connectivity index (χ1v) is 8.87. The molecular weight excluding hydrogens is 360 g/mol. The third-order valence-corrected chi connectivity index (χ3v) is 4.87. The van der Waals surface area contributed by atoms with Crippen molar-refractivity contribution < 1.29 is 0 Å². The first kappa shape index (κ1) is 16.0. The Morgan fingerprint density at radius 3 is 2.80 bits per heavy atom. The second-order valence-corrected chi connectivity index (χ2v) is 6.95. The van der Waals surface area contributed by atoms with Crippen molar-refractivity contribution in [3.05, 3.63) is 63.1 Å². The fourth-order valence-corrected chi connectivity index (χ4v) is 3.67. The van der Waals surface area contributed by atoms with Crippen LogP contribution in [0.4, 0.5) is 0 Å². The number of aryl methyl sites for hydroxylation is 2. The summed E-state index contributed by atoms with van der Waals surface area (Å²) in [4.78, 5) is 21.2. The Kier molecular flexibility index (Phi) is 3.93. The van der Waals surface area contributed by atoms with Gasteiger partial charge in [-0.2, -0.15) is 0 Å². The largest absolute Gasteiger partial charge is 0.269 e. The molecule has 0 saturated carbocycles. The Morgan fingerprint density at radius 2 is 1.96 bits per heavy atom. The van der Waals surface area contributed by atoms with E-state index >= 15 is 0 Å². The van der Waals surface area contributed by atoms with Gasteiger partial charge in [-0.3, -0.25) is 13.6 Å². The predicted octanol–water partition coefficient (Wildman–Crippen LogP) is 2.69. The van der Waals surface area contributed by atoms with Crippen molar-refractivity contribution >= 4 is 34.7 Å². The molecule has 4 heterocycles. The average Bonchev–Trinajstić information content (AvgIpc) is 2.97. The maximum absolute atomic E-state index is 12.2. The molecule has 4 rings (SSSR count). The molecule has 0 aliphatic heterocycles. The highest BCUT2D eigenvalue weighted by molar-refractivity contribution is 7.98. The minimum Gasteiger partial charge on any atom is -0.269 e. The molecule has 9 heteroatoms. The summed E-state index contributed by atoms with van der Waals surface area (Å²) in [5.41, 5.74) is 2.73. The van der Waals surface area contributed by atoms with Gasteiger partial charge < -0.3 is 0 Å². The molecule has 0 atom stereocenters. The zero-order chi connectivity index (χ0) is 17.6. The monoisotopic (exact) mass is 372 g/mol. The summed E-state index contributed by atoms with van der Waals surface area (Å²) in [5, 5.41) is 9.61. The molecule has 0 bridgehead atoms. The number of halogens is 1. The summed E-state index contributed by atoms with van der Waals surface area (Å²) < 4.78 is 3.32. The molecule has 0 aliphatic rings. The molecule has 7 nitrogen and oxygen atoms in total. The smallest absolute Gasteiger partial charge is 0.258 e. The molecule has 4 aromatic heterocycles. The van der Waals surface area contributed by atoms with Crippen LogP contribution in [-0.4, -0.2) is 29.0 Å². The molecule has 0 unspecified atom stereocenters. The van der Waals surface area contributed by atoms with Crippen LogP contribution in [0.15, 0.2) is 40.4 Å². The molecule has 0 fully saturated rings. The summed E-state index contributed by atoms with van der Waals surface area (Å²) in [5.74, 6) is 1.33. The Bertz CT molecular complexity index is 1170. The van der Waals surface area contributed by atoms with Crippen molar-refractivity contribution in [3.63, 3.8) is 0 Å². The molecule has 0 saturated heterocycles. The second-order valence-electron chi connectivity index (χ2n) is 5.57. The first-order valence-electron chi connectivity index (χ1n) is 7.51. The minimum atomic E-state index is -0.164. The van der Waals surface area contributed by atoms with Crippen molar-refractivity contribution in [2.24, 2.45) is 0 Å². The second kappa shape index (κ2) is 6.12. The van der Waals surface area contributed by atoms with Crippen LogP contribution >= 0.6 is 23.4 Å². The zero-order valence-electron chi connectivity index (χ0n) is 13.5. The molecule has 0 aliphatic carbocycles. The molecule has 0 radical (unpaired) electrons. The maximum Gasteiger partial charge on any atom is 0.258 e. The summed E-state index contributed by atoms with van der Waals surface area (Å²) in [6.07, 6.45) is 1.56. The van der Waals surface area contributed by atoms with Gasteiger partial charge >= 0.3 is 0 Å². The van der Waals surface area contributed by atoms with E-state index in [0.717, 1.165) is 22.3 Å². The van der Waals surface area contributed by atoms with Gasteiger partial charge in [0.2, 0.25) is 0 Å². The first-order chi connectivity index (χ1) is 12.0. The summed E-state index contributed by atoms with van der Waals surface area (Å²) in [6, 6.07) is 6.83. The topological polar surface area (TPSA) is 77.5 Å². The van der Waals surface area contributed by atoms with Gasteiger partial charge in [-0.25, -0.2) is 9.97 Å². The van der Waals surface area contributed by atoms with Gasteiger partial charge in [-0.05, 0) is 26.0 Å². The summed E-state index contributed by atoms with van der Waals surface area (Å²) >= 11 is 7.39. The van der Waals surface area contributed by atoms with Crippen LogP contribution in [-0.2, 0) is 5.75 Å². The Hall–Kier alpha value is -2.45. The lowest BCUT2D eigenvalue weighted by molar-refractivity contribution is 0.853. The molecule has 126 valence electrons. The average molecular weight is 373 g/mol. The molecule has 0 spiro atoms. The number of thioether (sulfide) groups is 1. The van der Waals surface area contributed by atoms with E-state index in [4.69, 9.17) is 11.6 Å². The van der Waals surface area contributed by atoms with Gasteiger partial charge in [0.15, 0.2) is 10.8 Å². The van der Waals surface area contributed by atoms with E-state index in [-0.39, 0.29) is 5.56 Å². The number of hydrogen-bond donors (Lipinski definition) is 0. The van der Waals surface area contributed by atoms with E-state index in [1.165, 1.54) is 22.2 Å². The number of aromatic nitrogens is 6. The van der Waals surface area contributed by atoms with Crippen LogP contribution in [0, 0.1) is 13.8 Å². The van der Waals surface area contributed by atoms with Crippen molar-refractivity contribution in [2.45, 2.75) is 24.8 Å². The standard InChI is InChI=1S/C16H13ClN6OS/c1-9-5-14-20-21-16(23(14)10(2)18-9)25-8-12-6-15(24)22-7-11(17)3-4-13(22)19-12/h3-7H,8H2,1-2H3. The van der Waals surface area contributed by atoms with Crippen LogP contribution < -0.4 is 5.56 Å². The van der Waals surface area contributed by atoms with E-state index in [0.29, 0.717) is 22.1 Å². The number of nitrogens with zero attached hydrogens (tertiary/aromatic N) is 6. The lowest BCUT2D eigenvalue weighted by Crippen LogP contribution is -2.15. The van der Waals surface area contributed by atoms with Crippen molar-refractivity contribution in [2.75, 3.05) is 0 Å². The fraction of sp³-hybridized carbons (Fsp3) is 0.188. The minimum absolute atomic E-state index is 0.164. The summed E-state index contributed by atoms with van der Waals surface area (Å²) in [6.45, 7) is 3.84. The van der Waals surface area contributed by atoms with E-state index in [1.54, 1.807) is 18.3 Å². The number of rotatable bonds is 3. The van der Waals surface area contributed by atoms with Crippen LogP contribution in [0.3, 0.4) is 0 Å². The van der Waals surface area contributed by atoms with Crippen molar-refractivity contribution in [1.82, 2.24) is 29.0 Å². The number of hydrogen-bond acceptors (Lipinski definition) is 6. The Balaban J connectivity index is 1.67. The predicted molar refractivity (Wildman–Crippen MR) is 96.3 cm³/mol. The molecule has 0 N–H and O–H groups in total. The van der Waals surface area contributed by atoms with Crippen LogP contribution in [0.1, 0.15) is 17.2 Å². The van der Waals surface area contributed by atoms with Crippen molar-refractivity contribution in [3.8, 4) is 0 Å². The van der Waals surface area contributed by atoms with E-state index in [9.17, 15) is 4.79 Å². The van der Waals surface area contributed by atoms with Gasteiger partial charge in [0.1, 0.15) is 11.5 Å². The maximum atomic E-state index is 12.2. The van der Waals surface area contributed by atoms with E-state index < -0.39 is 0 Å². The molecular formula is C16H13ClN6OS. The fourth-order valence-electron chi connectivity index (χ4n) is 2.64. The normalized spacial score (nSPS) is 11.5. The SMILES string of the molecule is Cc1cc2nnc(SCc3cc(=O)n4cc(Cl)ccc4n3)n2c(C)n1. The molecule has 0 amide bonds. The molecule has 25 heavy (non-hydrogen) atoms.